The molecule has 22 heavy (non-hydrogen) atoms. The molecule has 2 amide bonds. The van der Waals surface area contributed by atoms with Crippen molar-refractivity contribution >= 4 is 16.1 Å². The molecule has 120 valence electrons. The molecule has 9 heteroatoms. The van der Waals surface area contributed by atoms with Crippen molar-refractivity contribution in [3.05, 3.63) is 24.0 Å². The molecule has 8 nitrogen and oxygen atoms in total. The van der Waals surface area contributed by atoms with Gasteiger partial charge in [-0.25, -0.2) is 9.52 Å². The molecule has 1 saturated carbocycles. The molecule has 0 unspecified atom stereocenters. The number of ether oxygens (including phenoxy) is 1. The second-order valence-corrected chi connectivity index (χ2v) is 7.23. The number of rotatable bonds is 4. The zero-order chi connectivity index (χ0) is 15.9. The van der Waals surface area contributed by atoms with Crippen LogP contribution in [0.3, 0.4) is 0 Å². The number of aromatic nitrogens is 2. The monoisotopic (exact) mass is 326 g/mol. The van der Waals surface area contributed by atoms with E-state index in [0.717, 1.165) is 18.5 Å². The van der Waals surface area contributed by atoms with E-state index in [1.165, 1.54) is 6.07 Å². The molecule has 1 aromatic rings. The van der Waals surface area contributed by atoms with Crippen molar-refractivity contribution in [3.63, 3.8) is 0 Å². The largest absolute Gasteiger partial charge is 0.370 e. The Morgan fingerprint density at radius 1 is 1.50 bits per heavy atom. The lowest BCUT2D eigenvalue weighted by atomic mass is 10.1. The van der Waals surface area contributed by atoms with Crippen LogP contribution in [-0.4, -0.2) is 30.8 Å². The van der Waals surface area contributed by atoms with Gasteiger partial charge in [0.05, 0.1) is 18.8 Å². The molecule has 1 aromatic heterocycles. The Hall–Kier alpha value is -1.87. The summed E-state index contributed by atoms with van der Waals surface area (Å²) in [4.78, 5) is 11.5. The summed E-state index contributed by atoms with van der Waals surface area (Å²) in [5, 5.41) is 6.21. The Bertz CT molecular complexity index is 720. The van der Waals surface area contributed by atoms with E-state index in [1.807, 2.05) is 4.72 Å². The first-order valence-corrected chi connectivity index (χ1v) is 8.54. The Morgan fingerprint density at radius 3 is 2.86 bits per heavy atom. The quantitative estimate of drug-likeness (QED) is 0.855. The smallest absolute Gasteiger partial charge is 0.332 e. The fourth-order valence-corrected chi connectivity index (χ4v) is 3.35. The van der Waals surface area contributed by atoms with Crippen LogP contribution >= 0.6 is 0 Å². The van der Waals surface area contributed by atoms with Crippen LogP contribution in [0.15, 0.2) is 23.4 Å². The van der Waals surface area contributed by atoms with Gasteiger partial charge in [0.25, 0.3) is 10.0 Å². The maximum atomic E-state index is 12.2. The molecule has 1 atom stereocenters. The molecule has 2 N–H and O–H groups in total. The van der Waals surface area contributed by atoms with Crippen LogP contribution in [0, 0.1) is 5.92 Å². The van der Waals surface area contributed by atoms with Gasteiger partial charge >= 0.3 is 6.03 Å². The van der Waals surface area contributed by atoms with Crippen LogP contribution in [0.1, 0.15) is 31.6 Å². The van der Waals surface area contributed by atoms with Crippen LogP contribution in [0.5, 0.6) is 0 Å². The van der Waals surface area contributed by atoms with E-state index in [9.17, 15) is 13.2 Å². The Morgan fingerprint density at radius 2 is 2.23 bits per heavy atom. The molecule has 0 radical (unpaired) electrons. The molecule has 0 bridgehead atoms. The number of hydrogen-bond donors (Lipinski definition) is 2. The van der Waals surface area contributed by atoms with Crippen LogP contribution in [0.2, 0.25) is 0 Å². The van der Waals surface area contributed by atoms with Gasteiger partial charge in [0.1, 0.15) is 6.10 Å². The van der Waals surface area contributed by atoms with Gasteiger partial charge in [-0.3, -0.25) is 4.68 Å². The van der Waals surface area contributed by atoms with Gasteiger partial charge in [-0.2, -0.15) is 13.5 Å². The highest BCUT2D eigenvalue weighted by Gasteiger charge is 2.38. The number of nitrogens with zero attached hydrogens (tertiary/aromatic N) is 2. The molecular formula is C13H18N4O4S. The molecular weight excluding hydrogens is 308 g/mol. The lowest BCUT2D eigenvalue weighted by Crippen LogP contribution is -2.38. The summed E-state index contributed by atoms with van der Waals surface area (Å²) in [6.07, 6.45) is 2.06. The fourth-order valence-electron chi connectivity index (χ4n) is 2.47. The summed E-state index contributed by atoms with van der Waals surface area (Å²) >= 11 is 0. The number of carbonyl (C=O) groups excluding carboxylic acids is 1. The molecule has 0 spiro atoms. The fraction of sp³-hybridized carbons (Fsp3) is 0.538. The highest BCUT2D eigenvalue weighted by Crippen LogP contribution is 2.44. The van der Waals surface area contributed by atoms with Gasteiger partial charge in [-0.05, 0) is 25.7 Å². The maximum Gasteiger partial charge on any atom is 0.332 e. The number of sulfonamides is 1. The maximum absolute atomic E-state index is 12.2. The predicted molar refractivity (Wildman–Crippen MR) is 77.3 cm³/mol. The Labute approximate surface area is 128 Å². The summed E-state index contributed by atoms with van der Waals surface area (Å²) in [7, 11) is -4.02. The third kappa shape index (κ3) is 3.00. The minimum absolute atomic E-state index is 0.102. The first kappa shape index (κ1) is 15.0. The van der Waals surface area contributed by atoms with E-state index < -0.39 is 16.1 Å². The van der Waals surface area contributed by atoms with Crippen molar-refractivity contribution in [2.24, 2.45) is 5.92 Å². The Balaban J connectivity index is 1.82. The Kier molecular flexibility index (Phi) is 3.69. The zero-order valence-electron chi connectivity index (χ0n) is 12.2. The molecule has 1 fully saturated rings. The van der Waals surface area contributed by atoms with Crippen molar-refractivity contribution in [2.45, 2.75) is 37.4 Å². The van der Waals surface area contributed by atoms with Crippen molar-refractivity contribution < 1.29 is 17.9 Å². The van der Waals surface area contributed by atoms with Gasteiger partial charge in [0.2, 0.25) is 0 Å². The first-order chi connectivity index (χ1) is 10.4. The molecule has 0 aromatic carbocycles. The number of hydrogen-bond acceptors (Lipinski definition) is 5. The predicted octanol–water partition coefficient (Wildman–Crippen LogP) is 0.886. The average Bonchev–Trinajstić information content (AvgIpc) is 3.13. The van der Waals surface area contributed by atoms with E-state index in [-0.39, 0.29) is 11.1 Å². The van der Waals surface area contributed by atoms with E-state index >= 15 is 0 Å². The van der Waals surface area contributed by atoms with Crippen LogP contribution < -0.4 is 10.0 Å². The van der Waals surface area contributed by atoms with E-state index in [0.29, 0.717) is 24.8 Å². The summed E-state index contributed by atoms with van der Waals surface area (Å²) in [6.45, 7) is 6.06. The van der Waals surface area contributed by atoms with Gasteiger partial charge in [-0.15, -0.1) is 0 Å². The zero-order valence-corrected chi connectivity index (χ0v) is 13.0. The average molecular weight is 326 g/mol. The summed E-state index contributed by atoms with van der Waals surface area (Å²) < 4.78 is 33.7. The molecule has 1 aliphatic heterocycles. The lowest BCUT2D eigenvalue weighted by molar-refractivity contribution is 0.00273. The van der Waals surface area contributed by atoms with Gasteiger partial charge < -0.3 is 10.1 Å². The van der Waals surface area contributed by atoms with Gasteiger partial charge in [0, 0.05) is 11.8 Å². The van der Waals surface area contributed by atoms with Crippen LogP contribution in [0.25, 0.3) is 0 Å². The molecule has 2 aliphatic rings. The van der Waals surface area contributed by atoms with Crippen molar-refractivity contribution in [3.8, 4) is 0 Å². The molecule has 2 heterocycles. The second-order valence-electron chi connectivity index (χ2n) is 5.60. The van der Waals surface area contributed by atoms with Gasteiger partial charge in [-0.1, -0.05) is 6.58 Å². The molecule has 1 aliphatic carbocycles. The molecule has 3 rings (SSSR count). The SMILES string of the molecule is C=C(C)NC(=O)NS(=O)(=O)c1cc2n(n1)CCO[C@H]2C1CC1. The number of fused-ring (bicyclic) bond motifs is 1. The third-order valence-electron chi connectivity index (χ3n) is 3.56. The summed E-state index contributed by atoms with van der Waals surface area (Å²) in [5.41, 5.74) is 1.11. The number of allylic oxidation sites excluding steroid dienone is 1. The normalized spacial score (nSPS) is 21.0. The van der Waals surface area contributed by atoms with Crippen molar-refractivity contribution in [1.29, 1.82) is 0 Å². The second kappa shape index (κ2) is 5.40. The standard InChI is InChI=1S/C13H18N4O4S/c1-8(2)14-13(18)16-22(19,20)11-7-10-12(9-3-4-9)21-6-5-17(10)15-11/h7,9,12H,1,3-6H2,2H3,(H2,14,16,18)/t12-/m0/s1. The number of urea groups is 1. The minimum Gasteiger partial charge on any atom is -0.370 e. The van der Waals surface area contributed by atoms with Crippen molar-refractivity contribution in [1.82, 2.24) is 19.8 Å². The number of nitrogens with one attached hydrogen (secondary N) is 2. The van der Waals surface area contributed by atoms with Crippen LogP contribution in [-0.2, 0) is 21.3 Å². The summed E-state index contributed by atoms with van der Waals surface area (Å²) in [6, 6.07) is 0.631. The van der Waals surface area contributed by atoms with Gasteiger partial charge in [0.15, 0.2) is 5.03 Å². The molecule has 0 saturated heterocycles. The first-order valence-electron chi connectivity index (χ1n) is 7.05. The lowest BCUT2D eigenvalue weighted by Gasteiger charge is -2.23. The highest BCUT2D eigenvalue weighted by molar-refractivity contribution is 7.90. The van der Waals surface area contributed by atoms with E-state index in [2.05, 4.69) is 17.0 Å². The summed E-state index contributed by atoms with van der Waals surface area (Å²) in [5.74, 6) is 0.436. The topological polar surface area (TPSA) is 102 Å². The van der Waals surface area contributed by atoms with E-state index in [4.69, 9.17) is 4.74 Å². The van der Waals surface area contributed by atoms with Crippen molar-refractivity contribution in [2.75, 3.05) is 6.61 Å². The number of amides is 2. The number of carbonyl (C=O) groups is 1. The highest BCUT2D eigenvalue weighted by atomic mass is 32.2. The van der Waals surface area contributed by atoms with Crippen LogP contribution in [0.4, 0.5) is 4.79 Å². The third-order valence-corrected chi connectivity index (χ3v) is 4.76. The minimum atomic E-state index is -4.02. The van der Waals surface area contributed by atoms with E-state index in [1.54, 1.807) is 11.6 Å².